The zero-order chi connectivity index (χ0) is 15.4. The summed E-state index contributed by atoms with van der Waals surface area (Å²) in [5.74, 6) is 3.91. The molecule has 6 rings (SSSR count). The molecule has 0 aromatic carbocycles. The van der Waals surface area contributed by atoms with E-state index in [-0.39, 0.29) is 11.3 Å². The molecule has 5 saturated carbocycles. The Labute approximate surface area is 140 Å². The third kappa shape index (κ3) is 2.69. The maximum atomic E-state index is 11.8. The molecule has 1 heterocycles. The Balaban J connectivity index is 1.27. The summed E-state index contributed by atoms with van der Waals surface area (Å²) < 4.78 is 6.00. The smallest absolute Gasteiger partial charge is 0.277 e. The van der Waals surface area contributed by atoms with Crippen LogP contribution >= 0.6 is 11.8 Å². The number of hydrogen-bond donors (Lipinski definition) is 1. The largest absolute Gasteiger partial charge is 0.415 e. The molecule has 0 spiro atoms. The standard InChI is InChI=1S/C17H23N3O2S/c21-14(18-13-1-2-13)9-23-16-20-19-15(22-16)17-6-10-3-11(7-17)5-12(4-10)8-17/h10-13H,1-9H2,(H,18,21). The average molecular weight is 333 g/mol. The minimum absolute atomic E-state index is 0.0760. The zero-order valence-electron chi connectivity index (χ0n) is 13.3. The number of nitrogens with zero attached hydrogens (tertiary/aromatic N) is 2. The average Bonchev–Trinajstić information content (AvgIpc) is 3.17. The van der Waals surface area contributed by atoms with E-state index in [1.807, 2.05) is 0 Å². The minimum atomic E-state index is 0.0760. The summed E-state index contributed by atoms with van der Waals surface area (Å²) >= 11 is 1.37. The first-order valence-electron chi connectivity index (χ1n) is 8.95. The highest BCUT2D eigenvalue weighted by atomic mass is 32.2. The van der Waals surface area contributed by atoms with E-state index in [0.29, 0.717) is 17.0 Å². The topological polar surface area (TPSA) is 68.0 Å². The molecule has 0 aliphatic heterocycles. The van der Waals surface area contributed by atoms with E-state index in [1.54, 1.807) is 0 Å². The fraction of sp³-hybridized carbons (Fsp3) is 0.824. The normalized spacial score (nSPS) is 38.0. The summed E-state index contributed by atoms with van der Waals surface area (Å²) in [7, 11) is 0. The molecule has 124 valence electrons. The van der Waals surface area contributed by atoms with E-state index in [2.05, 4.69) is 15.5 Å². The van der Waals surface area contributed by atoms with Gasteiger partial charge in [-0.3, -0.25) is 4.79 Å². The highest BCUT2D eigenvalue weighted by Crippen LogP contribution is 2.60. The van der Waals surface area contributed by atoms with Crippen LogP contribution in [0.2, 0.25) is 0 Å². The van der Waals surface area contributed by atoms with Gasteiger partial charge in [-0.15, -0.1) is 10.2 Å². The van der Waals surface area contributed by atoms with Crippen LogP contribution in [0.25, 0.3) is 0 Å². The molecule has 0 radical (unpaired) electrons. The molecule has 1 N–H and O–H groups in total. The first-order chi connectivity index (χ1) is 11.2. The van der Waals surface area contributed by atoms with Gasteiger partial charge in [0.25, 0.3) is 5.22 Å². The molecule has 6 heteroatoms. The monoisotopic (exact) mass is 333 g/mol. The Morgan fingerprint density at radius 1 is 1.13 bits per heavy atom. The third-order valence-electron chi connectivity index (χ3n) is 6.17. The van der Waals surface area contributed by atoms with Crippen LogP contribution in [0.1, 0.15) is 57.3 Å². The van der Waals surface area contributed by atoms with Gasteiger partial charge < -0.3 is 9.73 Å². The van der Waals surface area contributed by atoms with Crippen LogP contribution in [-0.4, -0.2) is 27.9 Å². The lowest BCUT2D eigenvalue weighted by Gasteiger charge is -2.55. The second-order valence-electron chi connectivity index (χ2n) is 8.20. The first kappa shape index (κ1) is 14.3. The molecule has 23 heavy (non-hydrogen) atoms. The summed E-state index contributed by atoms with van der Waals surface area (Å²) in [4.78, 5) is 11.8. The van der Waals surface area contributed by atoms with Gasteiger partial charge in [0.15, 0.2) is 0 Å². The van der Waals surface area contributed by atoms with Gasteiger partial charge in [0, 0.05) is 11.5 Å². The molecule has 0 unspecified atom stereocenters. The molecule has 4 bridgehead atoms. The molecule has 5 aliphatic carbocycles. The summed E-state index contributed by atoms with van der Waals surface area (Å²) in [6.45, 7) is 0. The maximum Gasteiger partial charge on any atom is 0.277 e. The molecule has 5 nitrogen and oxygen atoms in total. The van der Waals surface area contributed by atoms with Gasteiger partial charge in [-0.05, 0) is 69.1 Å². The number of carbonyl (C=O) groups excluding carboxylic acids is 1. The molecular formula is C17H23N3O2S. The zero-order valence-corrected chi connectivity index (χ0v) is 14.1. The van der Waals surface area contributed by atoms with Crippen LogP contribution in [0.4, 0.5) is 0 Å². The highest BCUT2D eigenvalue weighted by Gasteiger charge is 2.54. The van der Waals surface area contributed by atoms with Gasteiger partial charge in [0.2, 0.25) is 11.8 Å². The van der Waals surface area contributed by atoms with Crippen molar-refractivity contribution in [3.8, 4) is 0 Å². The van der Waals surface area contributed by atoms with Crippen molar-refractivity contribution in [2.24, 2.45) is 17.8 Å². The lowest BCUT2D eigenvalue weighted by molar-refractivity contribution is -0.118. The number of carbonyl (C=O) groups is 1. The molecule has 5 fully saturated rings. The fourth-order valence-corrected chi connectivity index (χ4v) is 6.05. The highest BCUT2D eigenvalue weighted by molar-refractivity contribution is 7.99. The van der Waals surface area contributed by atoms with E-state index < -0.39 is 0 Å². The fourth-order valence-electron chi connectivity index (χ4n) is 5.48. The summed E-state index contributed by atoms with van der Waals surface area (Å²) in [6.07, 6.45) is 10.2. The lowest BCUT2D eigenvalue weighted by atomic mass is 9.49. The van der Waals surface area contributed by atoms with E-state index in [4.69, 9.17) is 4.42 Å². The van der Waals surface area contributed by atoms with Crippen molar-refractivity contribution in [2.45, 2.75) is 68.0 Å². The van der Waals surface area contributed by atoms with Crippen molar-refractivity contribution >= 4 is 17.7 Å². The summed E-state index contributed by atoms with van der Waals surface area (Å²) in [5, 5.41) is 12.1. The number of aromatic nitrogens is 2. The number of thioether (sulfide) groups is 1. The van der Waals surface area contributed by atoms with E-state index >= 15 is 0 Å². The van der Waals surface area contributed by atoms with E-state index in [9.17, 15) is 4.79 Å². The van der Waals surface area contributed by atoms with Crippen molar-refractivity contribution in [3.05, 3.63) is 5.89 Å². The van der Waals surface area contributed by atoms with Crippen LogP contribution in [0.15, 0.2) is 9.64 Å². The van der Waals surface area contributed by atoms with Crippen LogP contribution in [0.3, 0.4) is 0 Å². The Kier molecular flexibility index (Phi) is 3.25. The van der Waals surface area contributed by atoms with Gasteiger partial charge in [0.05, 0.1) is 5.75 Å². The molecule has 0 saturated heterocycles. The van der Waals surface area contributed by atoms with Crippen LogP contribution in [-0.2, 0) is 10.2 Å². The van der Waals surface area contributed by atoms with Crippen LogP contribution in [0, 0.1) is 17.8 Å². The Morgan fingerprint density at radius 3 is 2.39 bits per heavy atom. The lowest BCUT2D eigenvalue weighted by Crippen LogP contribution is -2.48. The van der Waals surface area contributed by atoms with Crippen molar-refractivity contribution < 1.29 is 9.21 Å². The summed E-state index contributed by atoms with van der Waals surface area (Å²) in [5.41, 5.74) is 0.150. The second-order valence-corrected chi connectivity index (χ2v) is 9.13. The molecule has 1 aromatic rings. The number of rotatable bonds is 5. The van der Waals surface area contributed by atoms with Crippen molar-refractivity contribution in [1.82, 2.24) is 15.5 Å². The number of nitrogens with one attached hydrogen (secondary N) is 1. The van der Waals surface area contributed by atoms with Gasteiger partial charge in [-0.25, -0.2) is 0 Å². The molecule has 0 atom stereocenters. The van der Waals surface area contributed by atoms with E-state index in [1.165, 1.54) is 50.3 Å². The van der Waals surface area contributed by atoms with Crippen molar-refractivity contribution in [2.75, 3.05) is 5.75 Å². The molecule has 1 aromatic heterocycles. The third-order valence-corrected chi connectivity index (χ3v) is 6.99. The van der Waals surface area contributed by atoms with Crippen LogP contribution in [0.5, 0.6) is 0 Å². The van der Waals surface area contributed by atoms with Gasteiger partial charge in [-0.2, -0.15) is 0 Å². The molecular weight excluding hydrogens is 310 g/mol. The SMILES string of the molecule is O=C(CSc1nnc(C23CC4CC(CC(C4)C2)C3)o1)NC1CC1. The Hall–Kier alpha value is -1.04. The first-order valence-corrected chi connectivity index (χ1v) is 9.93. The predicted octanol–water partition coefficient (Wildman–Crippen LogP) is 2.91. The molecule has 1 amide bonds. The predicted molar refractivity (Wildman–Crippen MR) is 86.0 cm³/mol. The van der Waals surface area contributed by atoms with Crippen molar-refractivity contribution in [3.63, 3.8) is 0 Å². The quantitative estimate of drug-likeness (QED) is 0.839. The second kappa shape index (κ2) is 5.23. The molecule has 5 aliphatic rings. The van der Waals surface area contributed by atoms with Crippen LogP contribution < -0.4 is 5.32 Å². The van der Waals surface area contributed by atoms with Gasteiger partial charge in [0.1, 0.15) is 0 Å². The summed E-state index contributed by atoms with van der Waals surface area (Å²) in [6, 6.07) is 0.411. The maximum absolute atomic E-state index is 11.8. The van der Waals surface area contributed by atoms with Gasteiger partial charge in [-0.1, -0.05) is 11.8 Å². The van der Waals surface area contributed by atoms with Crippen molar-refractivity contribution in [1.29, 1.82) is 0 Å². The van der Waals surface area contributed by atoms with E-state index in [0.717, 1.165) is 36.5 Å². The number of amides is 1. The Morgan fingerprint density at radius 2 is 1.78 bits per heavy atom. The minimum Gasteiger partial charge on any atom is -0.415 e. The number of hydrogen-bond acceptors (Lipinski definition) is 5. The Bertz CT molecular complexity index is 590. The van der Waals surface area contributed by atoms with Gasteiger partial charge >= 0.3 is 0 Å².